The number of nitrogens with zero attached hydrogens (tertiary/aromatic N) is 3. The molecule has 9 aromatic carbocycles. The van der Waals surface area contributed by atoms with E-state index in [2.05, 4.69) is 227 Å². The number of anilines is 6. The molecule has 0 amide bonds. The summed E-state index contributed by atoms with van der Waals surface area (Å²) in [6, 6.07) is 76.5. The summed E-state index contributed by atoms with van der Waals surface area (Å²) in [6.45, 7) is 0. The molecule has 10 aromatic rings. The highest BCUT2D eigenvalue weighted by Crippen LogP contribution is 2.47. The van der Waals surface area contributed by atoms with Crippen molar-refractivity contribution < 1.29 is 0 Å². The predicted molar refractivity (Wildman–Crippen MR) is 225 cm³/mol. The van der Waals surface area contributed by atoms with E-state index in [1.165, 1.54) is 37.8 Å². The first-order valence-corrected chi connectivity index (χ1v) is 18.1. The first-order chi connectivity index (χ1) is 26.3. The maximum Gasteiger partial charge on any atom is 0.0561 e. The molecule has 0 aliphatic heterocycles. The summed E-state index contributed by atoms with van der Waals surface area (Å²) in [5.74, 6) is 0. The first-order valence-electron chi connectivity index (χ1n) is 18.1. The molecule has 0 atom stereocenters. The van der Waals surface area contributed by atoms with Crippen LogP contribution in [0.2, 0.25) is 0 Å². The lowest BCUT2D eigenvalue weighted by Crippen LogP contribution is -2.14. The lowest BCUT2D eigenvalue weighted by atomic mass is 9.98. The van der Waals surface area contributed by atoms with Gasteiger partial charge >= 0.3 is 0 Å². The second-order valence-corrected chi connectivity index (χ2v) is 13.4. The quantitative estimate of drug-likeness (QED) is 0.156. The number of hydrogen-bond acceptors (Lipinski definition) is 2. The Morgan fingerprint density at radius 1 is 0.283 bits per heavy atom. The Bertz CT molecular complexity index is 2840. The van der Waals surface area contributed by atoms with Crippen LogP contribution in [0.15, 0.2) is 212 Å². The van der Waals surface area contributed by atoms with Gasteiger partial charge < -0.3 is 14.4 Å². The van der Waals surface area contributed by atoms with Gasteiger partial charge in [-0.2, -0.15) is 0 Å². The molecule has 10 rings (SSSR count). The first kappa shape index (κ1) is 30.7. The summed E-state index contributed by atoms with van der Waals surface area (Å²) in [5.41, 5.74) is 10.1. The van der Waals surface area contributed by atoms with Crippen LogP contribution in [-0.4, -0.2) is 4.57 Å². The van der Waals surface area contributed by atoms with E-state index in [4.69, 9.17) is 0 Å². The van der Waals surface area contributed by atoms with E-state index >= 15 is 0 Å². The summed E-state index contributed by atoms with van der Waals surface area (Å²) >= 11 is 0. The van der Waals surface area contributed by atoms with E-state index in [9.17, 15) is 0 Å². The second-order valence-electron chi connectivity index (χ2n) is 13.4. The minimum atomic E-state index is 1.08. The molecule has 53 heavy (non-hydrogen) atoms. The van der Waals surface area contributed by atoms with Crippen LogP contribution < -0.4 is 9.80 Å². The van der Waals surface area contributed by atoms with E-state index < -0.39 is 0 Å². The number of hydrogen-bond donors (Lipinski definition) is 0. The zero-order valence-electron chi connectivity index (χ0n) is 29.0. The Morgan fingerprint density at radius 3 is 1.49 bits per heavy atom. The normalized spacial score (nSPS) is 11.4. The molecule has 3 heteroatoms. The van der Waals surface area contributed by atoms with Gasteiger partial charge in [-0.25, -0.2) is 0 Å². The fourth-order valence-corrected chi connectivity index (χ4v) is 7.95. The number of para-hydroxylation sites is 5. The van der Waals surface area contributed by atoms with Gasteiger partial charge in [0.25, 0.3) is 0 Å². The van der Waals surface area contributed by atoms with Crippen LogP contribution in [0.25, 0.3) is 49.0 Å². The standard InChI is InChI=1S/C50H35N3/c1-5-18-37(19-6-1)51(38-20-7-2-8-21-38)42-33-47-43-26-14-13-17-36(43)29-31-46(47)49(35-42)52(39-22-9-3-10-23-39)41-30-32-45-44-27-15-16-28-48(44)53(50(45)34-41)40-24-11-4-12-25-40/h1-35H. The molecule has 1 aromatic heterocycles. The van der Waals surface area contributed by atoms with Crippen LogP contribution in [0.5, 0.6) is 0 Å². The van der Waals surface area contributed by atoms with Gasteiger partial charge in [-0.3, -0.25) is 0 Å². The van der Waals surface area contributed by atoms with Crippen molar-refractivity contribution in [2.45, 2.75) is 0 Å². The van der Waals surface area contributed by atoms with Crippen molar-refractivity contribution in [3.8, 4) is 5.69 Å². The zero-order valence-corrected chi connectivity index (χ0v) is 29.0. The Morgan fingerprint density at radius 2 is 0.811 bits per heavy atom. The van der Waals surface area contributed by atoms with Crippen LogP contribution in [0.3, 0.4) is 0 Å². The number of aromatic nitrogens is 1. The van der Waals surface area contributed by atoms with Gasteiger partial charge in [-0.15, -0.1) is 0 Å². The van der Waals surface area contributed by atoms with E-state index in [0.717, 1.165) is 45.3 Å². The number of benzene rings is 9. The molecule has 0 N–H and O–H groups in total. The highest BCUT2D eigenvalue weighted by atomic mass is 15.2. The molecular weight excluding hydrogens is 643 g/mol. The van der Waals surface area contributed by atoms with E-state index in [0.29, 0.717) is 0 Å². The third kappa shape index (κ3) is 5.30. The molecule has 3 nitrogen and oxygen atoms in total. The van der Waals surface area contributed by atoms with Crippen LogP contribution in [0.4, 0.5) is 34.1 Å². The third-order valence-corrected chi connectivity index (χ3v) is 10.3. The number of rotatable bonds is 7. The summed E-state index contributed by atoms with van der Waals surface area (Å²) in [5, 5.41) is 7.29. The Kier molecular flexibility index (Phi) is 7.47. The fraction of sp³-hybridized carbons (Fsp3) is 0. The van der Waals surface area contributed by atoms with Gasteiger partial charge in [0, 0.05) is 50.3 Å². The SMILES string of the molecule is c1ccc(N(c2ccccc2)c2cc(N(c3ccccc3)c3ccc4c5ccccc5n(-c5ccccc5)c4c3)c3ccc4ccccc4c3c2)cc1. The molecule has 0 aliphatic rings. The van der Waals surface area contributed by atoms with Crippen LogP contribution >= 0.6 is 0 Å². The van der Waals surface area contributed by atoms with Crippen molar-refractivity contribution in [3.63, 3.8) is 0 Å². The highest BCUT2D eigenvalue weighted by Gasteiger charge is 2.22. The topological polar surface area (TPSA) is 11.4 Å². The van der Waals surface area contributed by atoms with Gasteiger partial charge in [0.2, 0.25) is 0 Å². The highest BCUT2D eigenvalue weighted by molar-refractivity contribution is 6.15. The van der Waals surface area contributed by atoms with E-state index in [1.807, 2.05) is 0 Å². The molecule has 0 saturated carbocycles. The zero-order chi connectivity index (χ0) is 35.1. The summed E-state index contributed by atoms with van der Waals surface area (Å²) in [4.78, 5) is 4.80. The molecule has 0 saturated heterocycles. The molecule has 0 spiro atoms. The van der Waals surface area contributed by atoms with Crippen molar-refractivity contribution in [1.82, 2.24) is 4.57 Å². The van der Waals surface area contributed by atoms with Crippen molar-refractivity contribution in [1.29, 1.82) is 0 Å². The molecule has 1 heterocycles. The average molecular weight is 678 g/mol. The minimum absolute atomic E-state index is 1.08. The Balaban J connectivity index is 1.30. The van der Waals surface area contributed by atoms with E-state index in [-0.39, 0.29) is 0 Å². The molecule has 0 aliphatic carbocycles. The maximum absolute atomic E-state index is 2.43. The van der Waals surface area contributed by atoms with Crippen molar-refractivity contribution >= 4 is 77.5 Å². The van der Waals surface area contributed by atoms with Crippen molar-refractivity contribution in [2.75, 3.05) is 9.80 Å². The number of fused-ring (bicyclic) bond motifs is 6. The van der Waals surface area contributed by atoms with Gasteiger partial charge in [0.05, 0.1) is 16.7 Å². The molecule has 250 valence electrons. The maximum atomic E-state index is 2.43. The molecule has 0 radical (unpaired) electrons. The van der Waals surface area contributed by atoms with E-state index in [1.54, 1.807) is 0 Å². The monoisotopic (exact) mass is 677 g/mol. The van der Waals surface area contributed by atoms with Crippen LogP contribution in [-0.2, 0) is 0 Å². The minimum Gasteiger partial charge on any atom is -0.310 e. The van der Waals surface area contributed by atoms with Crippen molar-refractivity contribution in [2.24, 2.45) is 0 Å². The molecule has 0 fully saturated rings. The van der Waals surface area contributed by atoms with Gasteiger partial charge in [0.15, 0.2) is 0 Å². The smallest absolute Gasteiger partial charge is 0.0561 e. The summed E-state index contributed by atoms with van der Waals surface area (Å²) in [7, 11) is 0. The molecule has 0 bridgehead atoms. The Labute approximate surface area is 308 Å². The van der Waals surface area contributed by atoms with Gasteiger partial charge in [-0.05, 0) is 95.0 Å². The largest absolute Gasteiger partial charge is 0.310 e. The van der Waals surface area contributed by atoms with Gasteiger partial charge in [0.1, 0.15) is 0 Å². The lowest BCUT2D eigenvalue weighted by molar-refractivity contribution is 1.18. The molecule has 0 unspecified atom stereocenters. The van der Waals surface area contributed by atoms with Crippen LogP contribution in [0.1, 0.15) is 0 Å². The van der Waals surface area contributed by atoms with Crippen molar-refractivity contribution in [3.05, 3.63) is 212 Å². The lowest BCUT2D eigenvalue weighted by Gasteiger charge is -2.31. The van der Waals surface area contributed by atoms with Gasteiger partial charge in [-0.1, -0.05) is 133 Å². The van der Waals surface area contributed by atoms with Crippen LogP contribution in [0, 0.1) is 0 Å². The molecular formula is C50H35N3. The fourth-order valence-electron chi connectivity index (χ4n) is 7.95. The average Bonchev–Trinajstić information content (AvgIpc) is 3.56. The second kappa shape index (κ2) is 12.9. The summed E-state index contributed by atoms with van der Waals surface area (Å²) in [6.07, 6.45) is 0. The predicted octanol–water partition coefficient (Wildman–Crippen LogP) is 14.0. The Hall–Kier alpha value is -7.10. The third-order valence-electron chi connectivity index (χ3n) is 10.3. The summed E-state index contributed by atoms with van der Waals surface area (Å²) < 4.78 is 2.39.